The van der Waals surface area contributed by atoms with E-state index in [0.717, 1.165) is 4.31 Å². The Morgan fingerprint density at radius 3 is 2.32 bits per heavy atom. The van der Waals surface area contributed by atoms with Crippen molar-refractivity contribution in [2.24, 2.45) is 0 Å². The highest BCUT2D eigenvalue weighted by atomic mass is 32.2. The number of ketones is 1. The minimum Gasteiger partial charge on any atom is -0.504 e. The molecular weight excluding hydrogens is 342 g/mol. The third-order valence-corrected chi connectivity index (χ3v) is 5.38. The molecule has 6 nitrogen and oxygen atoms in total. The highest BCUT2D eigenvalue weighted by molar-refractivity contribution is 7.89. The van der Waals surface area contributed by atoms with E-state index in [1.54, 1.807) is 18.2 Å². The molecule has 0 bridgehead atoms. The quantitative estimate of drug-likeness (QED) is 0.631. The standard InChI is InChI=1S/C18H19NO5S/c1-19(2)25(22,23)15-8-6-14(7-9-15)16(20)10-4-13-5-11-17(21)18(12-13)24-3/h4-12,21H,1-3H3/b10-4+. The van der Waals surface area contributed by atoms with Gasteiger partial charge in [0.25, 0.3) is 0 Å². The van der Waals surface area contributed by atoms with Crippen LogP contribution in [0.25, 0.3) is 6.08 Å². The molecular formula is C18H19NO5S. The Kier molecular flexibility index (Phi) is 5.61. The van der Waals surface area contributed by atoms with E-state index < -0.39 is 10.0 Å². The van der Waals surface area contributed by atoms with Crippen LogP contribution in [0.3, 0.4) is 0 Å². The van der Waals surface area contributed by atoms with Crippen molar-refractivity contribution in [3.8, 4) is 11.5 Å². The first-order chi connectivity index (χ1) is 11.8. The van der Waals surface area contributed by atoms with Crippen molar-refractivity contribution in [1.82, 2.24) is 4.31 Å². The van der Waals surface area contributed by atoms with Gasteiger partial charge in [0.15, 0.2) is 17.3 Å². The van der Waals surface area contributed by atoms with Crippen molar-refractivity contribution < 1.29 is 23.1 Å². The fraction of sp³-hybridized carbons (Fsp3) is 0.167. The van der Waals surface area contributed by atoms with Gasteiger partial charge in [-0.2, -0.15) is 0 Å². The van der Waals surface area contributed by atoms with Crippen molar-refractivity contribution in [1.29, 1.82) is 0 Å². The van der Waals surface area contributed by atoms with E-state index in [1.807, 2.05) is 0 Å². The van der Waals surface area contributed by atoms with E-state index in [2.05, 4.69) is 0 Å². The van der Waals surface area contributed by atoms with Crippen LogP contribution in [0.15, 0.2) is 53.4 Å². The third kappa shape index (κ3) is 4.26. The van der Waals surface area contributed by atoms with Crippen molar-refractivity contribution in [2.45, 2.75) is 4.90 Å². The monoisotopic (exact) mass is 361 g/mol. The maximum Gasteiger partial charge on any atom is 0.242 e. The molecule has 1 N–H and O–H groups in total. The van der Waals surface area contributed by atoms with Crippen molar-refractivity contribution in [3.63, 3.8) is 0 Å². The molecule has 0 unspecified atom stereocenters. The number of nitrogens with zero attached hydrogens (tertiary/aromatic N) is 1. The molecule has 0 fully saturated rings. The summed E-state index contributed by atoms with van der Waals surface area (Å²) >= 11 is 0. The number of hydrogen-bond donors (Lipinski definition) is 1. The molecule has 0 aliphatic heterocycles. The predicted octanol–water partition coefficient (Wildman–Crippen LogP) is 2.55. The molecule has 0 spiro atoms. The molecule has 0 aliphatic rings. The fourth-order valence-corrected chi connectivity index (χ4v) is 2.97. The lowest BCUT2D eigenvalue weighted by Gasteiger charge is -2.11. The number of allylic oxidation sites excluding steroid dienone is 1. The highest BCUT2D eigenvalue weighted by Gasteiger charge is 2.17. The summed E-state index contributed by atoms with van der Waals surface area (Å²) in [5.41, 5.74) is 1.06. The number of aromatic hydroxyl groups is 1. The van der Waals surface area contributed by atoms with Crippen LogP contribution < -0.4 is 4.74 Å². The molecule has 2 aromatic rings. The van der Waals surface area contributed by atoms with Crippen molar-refractivity contribution in [3.05, 3.63) is 59.7 Å². The zero-order valence-electron chi connectivity index (χ0n) is 14.1. The Morgan fingerprint density at radius 1 is 1.12 bits per heavy atom. The summed E-state index contributed by atoms with van der Waals surface area (Å²) in [4.78, 5) is 12.3. The second-order valence-corrected chi connectivity index (χ2v) is 7.59. The highest BCUT2D eigenvalue weighted by Crippen LogP contribution is 2.26. The topological polar surface area (TPSA) is 83.9 Å². The summed E-state index contributed by atoms with van der Waals surface area (Å²) in [6.45, 7) is 0. The number of rotatable bonds is 6. The van der Waals surface area contributed by atoms with Gasteiger partial charge in [-0.15, -0.1) is 0 Å². The van der Waals surface area contributed by atoms with Crippen LogP contribution in [0.4, 0.5) is 0 Å². The van der Waals surface area contributed by atoms with E-state index >= 15 is 0 Å². The van der Waals surface area contributed by atoms with Crippen LogP contribution in [0.2, 0.25) is 0 Å². The smallest absolute Gasteiger partial charge is 0.242 e. The maximum absolute atomic E-state index is 12.2. The zero-order valence-corrected chi connectivity index (χ0v) is 14.9. The Hall–Kier alpha value is -2.64. The molecule has 0 heterocycles. The molecule has 0 saturated heterocycles. The summed E-state index contributed by atoms with van der Waals surface area (Å²) in [5, 5.41) is 9.55. The SMILES string of the molecule is COc1cc(/C=C/C(=O)c2ccc(S(=O)(=O)N(C)C)cc2)ccc1O. The van der Waals surface area contributed by atoms with E-state index in [1.165, 1.54) is 57.6 Å². The number of hydrogen-bond acceptors (Lipinski definition) is 5. The van der Waals surface area contributed by atoms with Crippen molar-refractivity contribution >= 4 is 21.9 Å². The molecule has 0 saturated carbocycles. The van der Waals surface area contributed by atoms with Gasteiger partial charge in [0.1, 0.15) is 0 Å². The van der Waals surface area contributed by atoms with Crippen LogP contribution in [0, 0.1) is 0 Å². The summed E-state index contributed by atoms with van der Waals surface area (Å²) < 4.78 is 30.1. The van der Waals surface area contributed by atoms with E-state index in [-0.39, 0.29) is 16.4 Å². The van der Waals surface area contributed by atoms with Gasteiger partial charge in [0, 0.05) is 19.7 Å². The van der Waals surface area contributed by atoms with Gasteiger partial charge in [-0.3, -0.25) is 4.79 Å². The average molecular weight is 361 g/mol. The van der Waals surface area contributed by atoms with Crippen molar-refractivity contribution in [2.75, 3.05) is 21.2 Å². The normalized spacial score (nSPS) is 11.8. The Labute approximate surface area is 147 Å². The Bertz CT molecular complexity index is 900. The van der Waals surface area contributed by atoms with Gasteiger partial charge in [0.05, 0.1) is 12.0 Å². The minimum atomic E-state index is -3.52. The number of ether oxygens (including phenoxy) is 1. The number of benzene rings is 2. The maximum atomic E-state index is 12.2. The predicted molar refractivity (Wildman–Crippen MR) is 95.3 cm³/mol. The summed E-state index contributed by atoms with van der Waals surface area (Å²) in [6, 6.07) is 10.5. The second-order valence-electron chi connectivity index (χ2n) is 5.44. The summed E-state index contributed by atoms with van der Waals surface area (Å²) in [5.74, 6) is 0.0670. The van der Waals surface area contributed by atoms with Gasteiger partial charge in [-0.1, -0.05) is 12.1 Å². The Morgan fingerprint density at radius 2 is 1.76 bits per heavy atom. The summed E-state index contributed by atoms with van der Waals surface area (Å²) in [6.07, 6.45) is 2.97. The van der Waals surface area contributed by atoms with Gasteiger partial charge in [-0.05, 0) is 48.0 Å². The molecule has 0 amide bonds. The van der Waals surface area contributed by atoms with Crippen LogP contribution in [0.1, 0.15) is 15.9 Å². The molecule has 0 aromatic heterocycles. The lowest BCUT2D eigenvalue weighted by atomic mass is 10.1. The zero-order chi connectivity index (χ0) is 18.6. The van der Waals surface area contributed by atoms with Crippen LogP contribution in [-0.2, 0) is 10.0 Å². The van der Waals surface area contributed by atoms with Crippen LogP contribution >= 0.6 is 0 Å². The van der Waals surface area contributed by atoms with Gasteiger partial charge >= 0.3 is 0 Å². The van der Waals surface area contributed by atoms with Crippen LogP contribution in [-0.4, -0.2) is 44.8 Å². The number of phenols is 1. The van der Waals surface area contributed by atoms with Gasteiger partial charge < -0.3 is 9.84 Å². The number of sulfonamides is 1. The largest absolute Gasteiger partial charge is 0.504 e. The number of carbonyl (C=O) groups is 1. The number of phenolic OH excluding ortho intramolecular Hbond substituents is 1. The Balaban J connectivity index is 2.19. The van der Waals surface area contributed by atoms with E-state index in [9.17, 15) is 18.3 Å². The van der Waals surface area contributed by atoms with Crippen LogP contribution in [0.5, 0.6) is 11.5 Å². The van der Waals surface area contributed by atoms with E-state index in [4.69, 9.17) is 4.74 Å². The molecule has 7 heteroatoms. The lowest BCUT2D eigenvalue weighted by molar-refractivity contribution is 0.104. The first-order valence-electron chi connectivity index (χ1n) is 7.37. The van der Waals surface area contributed by atoms with Gasteiger partial charge in [0.2, 0.25) is 10.0 Å². The molecule has 2 rings (SSSR count). The summed E-state index contributed by atoms with van der Waals surface area (Å²) in [7, 11) is 0.817. The number of methoxy groups -OCH3 is 1. The lowest BCUT2D eigenvalue weighted by Crippen LogP contribution is -2.22. The third-order valence-electron chi connectivity index (χ3n) is 3.55. The number of carbonyl (C=O) groups excluding carboxylic acids is 1. The van der Waals surface area contributed by atoms with Gasteiger partial charge in [-0.25, -0.2) is 12.7 Å². The first-order valence-corrected chi connectivity index (χ1v) is 8.81. The molecule has 0 aliphatic carbocycles. The second kappa shape index (κ2) is 7.50. The average Bonchev–Trinajstić information content (AvgIpc) is 2.60. The molecule has 0 radical (unpaired) electrons. The first kappa shape index (κ1) is 18.7. The molecule has 25 heavy (non-hydrogen) atoms. The molecule has 2 aromatic carbocycles. The minimum absolute atomic E-state index is 0.0173. The van der Waals surface area contributed by atoms with E-state index in [0.29, 0.717) is 16.9 Å². The molecule has 132 valence electrons. The molecule has 0 atom stereocenters. The fourth-order valence-electron chi connectivity index (χ4n) is 2.07.